The molecule has 3 rings (SSSR count). The fraction of sp³-hybridized carbons (Fsp3) is 0.632. The summed E-state index contributed by atoms with van der Waals surface area (Å²) >= 11 is 6.04. The number of halogens is 1. The Labute approximate surface area is 155 Å². The molecule has 2 amide bonds. The zero-order chi connectivity index (χ0) is 17.9. The smallest absolute Gasteiger partial charge is 0.319 e. The highest BCUT2D eigenvalue weighted by atomic mass is 35.5. The van der Waals surface area contributed by atoms with Gasteiger partial charge in [-0.3, -0.25) is 4.90 Å². The van der Waals surface area contributed by atoms with E-state index in [1.165, 1.54) is 25.7 Å². The molecule has 25 heavy (non-hydrogen) atoms. The van der Waals surface area contributed by atoms with Crippen molar-refractivity contribution >= 4 is 23.3 Å². The highest BCUT2D eigenvalue weighted by Gasteiger charge is 2.40. The van der Waals surface area contributed by atoms with Gasteiger partial charge in [0.1, 0.15) is 0 Å². The number of likely N-dealkylation sites (N-methyl/N-ethyl adjacent to an activating group) is 1. The molecule has 0 atom stereocenters. The van der Waals surface area contributed by atoms with Crippen LogP contribution in [-0.4, -0.2) is 61.1 Å². The third-order valence-electron chi connectivity index (χ3n) is 5.70. The standard InChI is InChI=1S/C19H29ClN4O/c1-15-13-16(5-6-17(15)20)22-18(25)21-14-19(7-3-4-8-19)24-11-9-23(2)10-12-24/h5-6,13H,3-4,7-12,14H2,1-2H3,(H2,21,22,25). The molecule has 0 radical (unpaired) electrons. The molecule has 1 aromatic rings. The minimum atomic E-state index is -0.137. The number of anilines is 1. The van der Waals surface area contributed by atoms with E-state index in [9.17, 15) is 4.79 Å². The second-order valence-corrected chi connectivity index (χ2v) is 7.90. The van der Waals surface area contributed by atoms with Crippen molar-refractivity contribution in [3.8, 4) is 0 Å². The predicted molar refractivity (Wildman–Crippen MR) is 103 cm³/mol. The molecule has 0 spiro atoms. The summed E-state index contributed by atoms with van der Waals surface area (Å²) in [5.41, 5.74) is 1.87. The molecule has 0 aromatic heterocycles. The first-order valence-electron chi connectivity index (χ1n) is 9.23. The number of carbonyl (C=O) groups excluding carboxylic acids is 1. The number of piperazine rings is 1. The molecular formula is C19H29ClN4O. The van der Waals surface area contributed by atoms with Crippen LogP contribution >= 0.6 is 11.6 Å². The normalized spacial score (nSPS) is 21.2. The number of amides is 2. The molecular weight excluding hydrogens is 336 g/mol. The molecule has 2 fully saturated rings. The molecule has 0 unspecified atom stereocenters. The van der Waals surface area contributed by atoms with E-state index in [4.69, 9.17) is 11.6 Å². The molecule has 5 nitrogen and oxygen atoms in total. The van der Waals surface area contributed by atoms with Gasteiger partial charge in [0.25, 0.3) is 0 Å². The van der Waals surface area contributed by atoms with Crippen molar-refractivity contribution in [2.75, 3.05) is 45.1 Å². The van der Waals surface area contributed by atoms with Gasteiger partial charge in [-0.15, -0.1) is 0 Å². The van der Waals surface area contributed by atoms with Gasteiger partial charge in [-0.25, -0.2) is 4.79 Å². The molecule has 0 bridgehead atoms. The SMILES string of the molecule is Cc1cc(NC(=O)NCC2(N3CCN(C)CC3)CCCC2)ccc1Cl. The van der Waals surface area contributed by atoms with E-state index in [1.807, 2.05) is 25.1 Å². The first-order chi connectivity index (χ1) is 12.0. The molecule has 1 heterocycles. The van der Waals surface area contributed by atoms with Gasteiger partial charge in [-0.1, -0.05) is 24.4 Å². The minimum Gasteiger partial charge on any atom is -0.336 e. The van der Waals surface area contributed by atoms with Crippen molar-refractivity contribution in [1.29, 1.82) is 0 Å². The Morgan fingerprint density at radius 2 is 1.88 bits per heavy atom. The van der Waals surface area contributed by atoms with E-state index < -0.39 is 0 Å². The summed E-state index contributed by atoms with van der Waals surface area (Å²) in [5.74, 6) is 0. The summed E-state index contributed by atoms with van der Waals surface area (Å²) in [6.45, 7) is 7.06. The fourth-order valence-corrected chi connectivity index (χ4v) is 4.18. The van der Waals surface area contributed by atoms with E-state index >= 15 is 0 Å². The van der Waals surface area contributed by atoms with E-state index in [-0.39, 0.29) is 11.6 Å². The molecule has 2 aliphatic rings. The van der Waals surface area contributed by atoms with Gasteiger partial charge >= 0.3 is 6.03 Å². The maximum atomic E-state index is 12.4. The second kappa shape index (κ2) is 7.94. The highest BCUT2D eigenvalue weighted by Crippen LogP contribution is 2.35. The van der Waals surface area contributed by atoms with Crippen LogP contribution in [0.4, 0.5) is 10.5 Å². The predicted octanol–water partition coefficient (Wildman–Crippen LogP) is 3.33. The number of urea groups is 1. The zero-order valence-corrected chi connectivity index (χ0v) is 16.0. The third kappa shape index (κ3) is 4.46. The quantitative estimate of drug-likeness (QED) is 0.861. The third-order valence-corrected chi connectivity index (χ3v) is 6.13. The summed E-state index contributed by atoms with van der Waals surface area (Å²) in [7, 11) is 2.18. The Hall–Kier alpha value is -1.30. The summed E-state index contributed by atoms with van der Waals surface area (Å²) in [5, 5.41) is 6.76. The van der Waals surface area contributed by atoms with Crippen LogP contribution in [0.15, 0.2) is 18.2 Å². The lowest BCUT2D eigenvalue weighted by Gasteiger charge is -2.45. The maximum Gasteiger partial charge on any atom is 0.319 e. The van der Waals surface area contributed by atoms with Gasteiger partial charge in [0.2, 0.25) is 0 Å². The monoisotopic (exact) mass is 364 g/mol. The van der Waals surface area contributed by atoms with Gasteiger partial charge in [-0.2, -0.15) is 0 Å². The Bertz CT molecular complexity index is 607. The lowest BCUT2D eigenvalue weighted by molar-refractivity contribution is 0.0446. The van der Waals surface area contributed by atoms with Crippen LogP contribution in [-0.2, 0) is 0 Å². The van der Waals surface area contributed by atoms with Crippen molar-refractivity contribution < 1.29 is 4.79 Å². The largest absolute Gasteiger partial charge is 0.336 e. The Morgan fingerprint density at radius 1 is 1.20 bits per heavy atom. The maximum absolute atomic E-state index is 12.4. The average molecular weight is 365 g/mol. The number of nitrogens with zero attached hydrogens (tertiary/aromatic N) is 2. The summed E-state index contributed by atoms with van der Waals surface area (Å²) in [6, 6.07) is 5.41. The van der Waals surface area contributed by atoms with Gasteiger partial charge in [-0.05, 0) is 50.6 Å². The van der Waals surface area contributed by atoms with Gasteiger partial charge in [0.15, 0.2) is 0 Å². The van der Waals surface area contributed by atoms with Crippen molar-refractivity contribution in [3.63, 3.8) is 0 Å². The second-order valence-electron chi connectivity index (χ2n) is 7.49. The van der Waals surface area contributed by atoms with E-state index in [0.29, 0.717) is 5.02 Å². The molecule has 2 N–H and O–H groups in total. The fourth-order valence-electron chi connectivity index (χ4n) is 4.06. The van der Waals surface area contributed by atoms with Gasteiger partial charge in [0.05, 0.1) is 0 Å². The average Bonchev–Trinajstić information content (AvgIpc) is 3.07. The number of aryl methyl sites for hydroxylation is 1. The van der Waals surface area contributed by atoms with Crippen LogP contribution < -0.4 is 10.6 Å². The lowest BCUT2D eigenvalue weighted by Crippen LogP contribution is -2.59. The van der Waals surface area contributed by atoms with Crippen molar-refractivity contribution in [2.24, 2.45) is 0 Å². The van der Waals surface area contributed by atoms with Gasteiger partial charge in [0, 0.05) is 49.0 Å². The highest BCUT2D eigenvalue weighted by molar-refractivity contribution is 6.31. The van der Waals surface area contributed by atoms with Crippen LogP contribution in [0.25, 0.3) is 0 Å². The summed E-state index contributed by atoms with van der Waals surface area (Å²) in [4.78, 5) is 17.3. The number of hydrogen-bond donors (Lipinski definition) is 2. The van der Waals surface area contributed by atoms with Crippen LogP contribution in [0.5, 0.6) is 0 Å². The summed E-state index contributed by atoms with van der Waals surface area (Å²) in [6.07, 6.45) is 4.87. The van der Waals surface area contributed by atoms with E-state index in [1.54, 1.807) is 0 Å². The van der Waals surface area contributed by atoms with Crippen LogP contribution in [0.1, 0.15) is 31.2 Å². The van der Waals surface area contributed by atoms with Crippen molar-refractivity contribution in [2.45, 2.75) is 38.1 Å². The molecule has 138 valence electrons. The topological polar surface area (TPSA) is 47.6 Å². The van der Waals surface area contributed by atoms with E-state index in [2.05, 4.69) is 27.5 Å². The molecule has 1 saturated carbocycles. The first kappa shape index (κ1) is 18.5. The Balaban J connectivity index is 1.57. The number of rotatable bonds is 4. The summed E-state index contributed by atoms with van der Waals surface area (Å²) < 4.78 is 0. The number of hydrogen-bond acceptors (Lipinski definition) is 3. The Kier molecular flexibility index (Phi) is 5.87. The minimum absolute atomic E-state index is 0.133. The van der Waals surface area contributed by atoms with Crippen LogP contribution in [0.2, 0.25) is 5.02 Å². The molecule has 1 saturated heterocycles. The van der Waals surface area contributed by atoms with Crippen molar-refractivity contribution in [1.82, 2.24) is 15.1 Å². The zero-order valence-electron chi connectivity index (χ0n) is 15.3. The number of benzene rings is 1. The lowest BCUT2D eigenvalue weighted by atomic mass is 9.94. The van der Waals surface area contributed by atoms with Crippen LogP contribution in [0, 0.1) is 6.92 Å². The van der Waals surface area contributed by atoms with E-state index in [0.717, 1.165) is 44.0 Å². The Morgan fingerprint density at radius 3 is 2.52 bits per heavy atom. The number of carbonyl (C=O) groups is 1. The molecule has 1 aliphatic heterocycles. The van der Waals surface area contributed by atoms with Gasteiger partial charge < -0.3 is 15.5 Å². The number of nitrogens with one attached hydrogen (secondary N) is 2. The first-order valence-corrected chi connectivity index (χ1v) is 9.61. The molecule has 6 heteroatoms. The molecule has 1 aromatic carbocycles. The van der Waals surface area contributed by atoms with Crippen LogP contribution in [0.3, 0.4) is 0 Å². The molecule has 1 aliphatic carbocycles. The van der Waals surface area contributed by atoms with Crippen molar-refractivity contribution in [3.05, 3.63) is 28.8 Å².